The van der Waals surface area contributed by atoms with E-state index in [-0.39, 0.29) is 12.6 Å². The molecule has 3 amide bonds. The standard InChI is InChI=1S/C26H35N3O4/c1-18(2)15-28(16-19(3)4)17-29-24(30)26(27-25(29)31,20-7-11-22(32-5)12-8-20)21-9-13-23(33-6)14-10-21/h7-14,18-19H,15-17H2,1-6H3,(H,27,31). The lowest BCUT2D eigenvalue weighted by molar-refractivity contribution is -0.131. The van der Waals surface area contributed by atoms with Gasteiger partial charge in [-0.25, -0.2) is 9.69 Å². The number of rotatable bonds is 10. The van der Waals surface area contributed by atoms with E-state index in [9.17, 15) is 9.59 Å². The van der Waals surface area contributed by atoms with Gasteiger partial charge in [-0.2, -0.15) is 0 Å². The van der Waals surface area contributed by atoms with Gasteiger partial charge in [0.2, 0.25) is 0 Å². The Balaban J connectivity index is 2.04. The number of imide groups is 1. The average molecular weight is 454 g/mol. The third-order valence-electron chi connectivity index (χ3n) is 5.74. The molecule has 3 rings (SSSR count). The van der Waals surface area contributed by atoms with Gasteiger partial charge >= 0.3 is 6.03 Å². The quantitative estimate of drug-likeness (QED) is 0.549. The van der Waals surface area contributed by atoms with Crippen molar-refractivity contribution in [3.8, 4) is 11.5 Å². The fraction of sp³-hybridized carbons (Fsp3) is 0.462. The number of methoxy groups -OCH3 is 2. The molecule has 1 fully saturated rings. The highest BCUT2D eigenvalue weighted by Crippen LogP contribution is 2.37. The van der Waals surface area contributed by atoms with Crippen LogP contribution in [-0.4, -0.2) is 55.7 Å². The number of benzene rings is 2. The second kappa shape index (κ2) is 10.3. The van der Waals surface area contributed by atoms with E-state index in [2.05, 4.69) is 37.9 Å². The van der Waals surface area contributed by atoms with Crippen molar-refractivity contribution in [3.05, 3.63) is 59.7 Å². The Labute approximate surface area is 196 Å². The monoisotopic (exact) mass is 453 g/mol. The molecule has 0 aliphatic carbocycles. The van der Waals surface area contributed by atoms with Crippen LogP contribution in [0.1, 0.15) is 38.8 Å². The highest BCUT2D eigenvalue weighted by Gasteiger charge is 2.54. The second-order valence-corrected chi connectivity index (χ2v) is 9.34. The van der Waals surface area contributed by atoms with Crippen LogP contribution in [0.2, 0.25) is 0 Å². The predicted molar refractivity (Wildman–Crippen MR) is 128 cm³/mol. The van der Waals surface area contributed by atoms with Crippen LogP contribution in [0.4, 0.5) is 4.79 Å². The maximum atomic E-state index is 14.0. The summed E-state index contributed by atoms with van der Waals surface area (Å²) < 4.78 is 10.6. The molecule has 7 heteroatoms. The molecule has 1 aliphatic rings. The molecule has 0 spiro atoms. The van der Waals surface area contributed by atoms with Crippen LogP contribution in [0.5, 0.6) is 11.5 Å². The zero-order chi connectivity index (χ0) is 24.2. The zero-order valence-electron chi connectivity index (χ0n) is 20.4. The molecule has 1 N–H and O–H groups in total. The number of hydrogen-bond donors (Lipinski definition) is 1. The van der Waals surface area contributed by atoms with Crippen molar-refractivity contribution in [2.45, 2.75) is 33.2 Å². The second-order valence-electron chi connectivity index (χ2n) is 9.34. The number of nitrogens with one attached hydrogen (secondary N) is 1. The molecule has 0 unspecified atom stereocenters. The summed E-state index contributed by atoms with van der Waals surface area (Å²) in [5.41, 5.74) is 0.0268. The molecular formula is C26H35N3O4. The van der Waals surface area contributed by atoms with E-state index in [1.54, 1.807) is 38.5 Å². The fourth-order valence-corrected chi connectivity index (χ4v) is 4.37. The first-order chi connectivity index (χ1) is 15.7. The van der Waals surface area contributed by atoms with E-state index in [1.807, 2.05) is 24.3 Å². The first kappa shape index (κ1) is 24.6. The van der Waals surface area contributed by atoms with Crippen LogP contribution in [0.25, 0.3) is 0 Å². The smallest absolute Gasteiger partial charge is 0.326 e. The third-order valence-corrected chi connectivity index (χ3v) is 5.74. The minimum Gasteiger partial charge on any atom is -0.497 e. The molecule has 1 heterocycles. The number of hydrogen-bond acceptors (Lipinski definition) is 5. The van der Waals surface area contributed by atoms with Crippen LogP contribution < -0.4 is 14.8 Å². The molecule has 1 saturated heterocycles. The Kier molecular flexibility index (Phi) is 7.64. The molecule has 0 saturated carbocycles. The van der Waals surface area contributed by atoms with Crippen LogP contribution in [0.3, 0.4) is 0 Å². The minimum atomic E-state index is -1.32. The van der Waals surface area contributed by atoms with Gasteiger partial charge in [-0.05, 0) is 47.2 Å². The molecule has 7 nitrogen and oxygen atoms in total. The Morgan fingerprint density at radius 3 is 1.61 bits per heavy atom. The Morgan fingerprint density at radius 2 is 1.24 bits per heavy atom. The third kappa shape index (κ3) is 5.14. The number of ether oxygens (including phenoxy) is 2. The number of amides is 3. The lowest BCUT2D eigenvalue weighted by Crippen LogP contribution is -2.47. The van der Waals surface area contributed by atoms with Gasteiger partial charge in [-0.1, -0.05) is 52.0 Å². The molecule has 2 aromatic rings. The summed E-state index contributed by atoms with van der Waals surface area (Å²) in [5.74, 6) is 1.89. The average Bonchev–Trinajstić information content (AvgIpc) is 3.04. The molecule has 0 aromatic heterocycles. The molecule has 2 aromatic carbocycles. The molecule has 0 atom stereocenters. The summed E-state index contributed by atoms with van der Waals surface area (Å²) in [7, 11) is 3.19. The van der Waals surface area contributed by atoms with Crippen LogP contribution in [0.15, 0.2) is 48.5 Å². The van der Waals surface area contributed by atoms with E-state index >= 15 is 0 Å². The van der Waals surface area contributed by atoms with Gasteiger partial charge in [-0.15, -0.1) is 0 Å². The molecular weight excluding hydrogens is 418 g/mol. The summed E-state index contributed by atoms with van der Waals surface area (Å²) in [6, 6.07) is 14.1. The van der Waals surface area contributed by atoms with Gasteiger partial charge in [0.05, 0.1) is 20.9 Å². The van der Waals surface area contributed by atoms with Crippen LogP contribution in [-0.2, 0) is 10.3 Å². The first-order valence-electron chi connectivity index (χ1n) is 11.4. The van der Waals surface area contributed by atoms with Gasteiger partial charge < -0.3 is 14.8 Å². The maximum Gasteiger partial charge on any atom is 0.326 e. The topological polar surface area (TPSA) is 71.1 Å². The largest absolute Gasteiger partial charge is 0.497 e. The van der Waals surface area contributed by atoms with Crippen molar-refractivity contribution in [3.63, 3.8) is 0 Å². The lowest BCUT2D eigenvalue weighted by Gasteiger charge is -2.31. The van der Waals surface area contributed by atoms with Crippen molar-refractivity contribution in [1.82, 2.24) is 15.1 Å². The van der Waals surface area contributed by atoms with Gasteiger partial charge in [0.1, 0.15) is 11.5 Å². The van der Waals surface area contributed by atoms with Crippen LogP contribution >= 0.6 is 0 Å². The number of urea groups is 1. The molecule has 178 valence electrons. The van der Waals surface area contributed by atoms with E-state index in [0.717, 1.165) is 13.1 Å². The Hall–Kier alpha value is -3.06. The van der Waals surface area contributed by atoms with Gasteiger partial charge in [0.25, 0.3) is 5.91 Å². The minimum absolute atomic E-state index is 0.245. The summed E-state index contributed by atoms with van der Waals surface area (Å²) >= 11 is 0. The van der Waals surface area contributed by atoms with E-state index in [4.69, 9.17) is 9.47 Å². The maximum absolute atomic E-state index is 14.0. The van der Waals surface area contributed by atoms with E-state index < -0.39 is 11.6 Å². The predicted octanol–water partition coefficient (Wildman–Crippen LogP) is 4.07. The summed E-state index contributed by atoms with van der Waals surface area (Å²) in [4.78, 5) is 30.7. The van der Waals surface area contributed by atoms with Crippen LogP contribution in [0, 0.1) is 11.8 Å². The van der Waals surface area contributed by atoms with E-state index in [1.165, 1.54) is 4.90 Å². The highest BCUT2D eigenvalue weighted by atomic mass is 16.5. The molecule has 0 radical (unpaired) electrons. The van der Waals surface area contributed by atoms with Gasteiger partial charge in [-0.3, -0.25) is 9.69 Å². The van der Waals surface area contributed by atoms with Crippen molar-refractivity contribution < 1.29 is 19.1 Å². The SMILES string of the molecule is COc1ccc(C2(c3ccc(OC)cc3)NC(=O)N(CN(CC(C)C)CC(C)C)C2=O)cc1. The summed E-state index contributed by atoms with van der Waals surface area (Å²) in [5, 5.41) is 3.02. The lowest BCUT2D eigenvalue weighted by atomic mass is 9.82. The normalized spacial score (nSPS) is 15.5. The van der Waals surface area contributed by atoms with Gasteiger partial charge in [0.15, 0.2) is 5.54 Å². The number of carbonyl (C=O) groups excluding carboxylic acids is 2. The van der Waals surface area contributed by atoms with Crippen molar-refractivity contribution >= 4 is 11.9 Å². The Morgan fingerprint density at radius 1 is 0.818 bits per heavy atom. The zero-order valence-corrected chi connectivity index (χ0v) is 20.4. The van der Waals surface area contributed by atoms with Crippen molar-refractivity contribution in [1.29, 1.82) is 0 Å². The highest BCUT2D eigenvalue weighted by molar-refractivity contribution is 6.09. The van der Waals surface area contributed by atoms with E-state index in [0.29, 0.717) is 34.5 Å². The summed E-state index contributed by atoms with van der Waals surface area (Å²) in [6.07, 6.45) is 0. The molecule has 0 bridgehead atoms. The van der Waals surface area contributed by atoms with Gasteiger partial charge in [0, 0.05) is 13.1 Å². The number of nitrogens with zero attached hydrogens (tertiary/aromatic N) is 2. The van der Waals surface area contributed by atoms with Crippen molar-refractivity contribution in [2.75, 3.05) is 34.0 Å². The van der Waals surface area contributed by atoms with Crippen molar-refractivity contribution in [2.24, 2.45) is 11.8 Å². The Bertz CT molecular complexity index is 897. The molecule has 33 heavy (non-hydrogen) atoms. The summed E-state index contributed by atoms with van der Waals surface area (Å²) in [6.45, 7) is 10.4. The number of carbonyl (C=O) groups is 2. The fourth-order valence-electron chi connectivity index (χ4n) is 4.37. The first-order valence-corrected chi connectivity index (χ1v) is 11.4. The molecule has 1 aliphatic heterocycles.